The number of hydrogen-bond acceptors (Lipinski definition) is 3. The van der Waals surface area contributed by atoms with Gasteiger partial charge in [-0.1, -0.05) is 37.3 Å². The molecule has 0 spiro atoms. The van der Waals surface area contributed by atoms with Crippen molar-refractivity contribution in [3.8, 4) is 0 Å². The zero-order valence-corrected chi connectivity index (χ0v) is 12.3. The lowest BCUT2D eigenvalue weighted by Crippen LogP contribution is -2.31. The summed E-state index contributed by atoms with van der Waals surface area (Å²) in [6.45, 7) is 2.69. The Morgan fingerprint density at radius 3 is 2.25 bits per heavy atom. The van der Waals surface area contributed by atoms with Gasteiger partial charge in [-0.3, -0.25) is 4.98 Å². The van der Waals surface area contributed by atoms with Crippen molar-refractivity contribution in [2.45, 2.75) is 19.2 Å². The average Bonchev–Trinajstić information content (AvgIpc) is 2.46. The molecule has 1 aromatic heterocycles. The molecule has 0 unspecified atom stereocenters. The molecule has 1 aromatic carbocycles. The molecule has 0 amide bonds. The van der Waals surface area contributed by atoms with Crippen molar-refractivity contribution in [2.75, 3.05) is 6.54 Å². The lowest BCUT2D eigenvalue weighted by molar-refractivity contribution is 0.422. The van der Waals surface area contributed by atoms with Crippen molar-refractivity contribution >= 4 is 10.0 Å². The van der Waals surface area contributed by atoms with Gasteiger partial charge < -0.3 is 0 Å². The van der Waals surface area contributed by atoms with Crippen LogP contribution in [0, 0.1) is 0 Å². The molecule has 0 radical (unpaired) electrons. The first-order chi connectivity index (χ1) is 9.62. The minimum absolute atomic E-state index is 0.0345. The predicted octanol–water partition coefficient (Wildman–Crippen LogP) is 2.43. The molecule has 106 valence electrons. The van der Waals surface area contributed by atoms with Gasteiger partial charge in [-0.2, -0.15) is 4.31 Å². The Kier molecular flexibility index (Phi) is 4.87. The van der Waals surface area contributed by atoms with E-state index in [9.17, 15) is 8.42 Å². The Balaban J connectivity index is 2.14. The molecule has 4 nitrogen and oxygen atoms in total. The third-order valence-electron chi connectivity index (χ3n) is 3.05. The summed E-state index contributed by atoms with van der Waals surface area (Å²) in [4.78, 5) is 3.94. The van der Waals surface area contributed by atoms with E-state index >= 15 is 0 Å². The average molecular weight is 290 g/mol. The Labute approximate surface area is 120 Å². The van der Waals surface area contributed by atoms with Crippen LogP contribution in [0.3, 0.4) is 0 Å². The maximum Gasteiger partial charge on any atom is 0.218 e. The quantitative estimate of drug-likeness (QED) is 0.821. The van der Waals surface area contributed by atoms with Crippen LogP contribution in [0.4, 0.5) is 0 Å². The molecule has 2 rings (SSSR count). The summed E-state index contributed by atoms with van der Waals surface area (Å²) in [6, 6.07) is 12.9. The standard InChI is InChI=1S/C15H18N2O2S/c1-2-17(12-14-8-10-16-11-9-14)20(18,19)13-15-6-4-3-5-7-15/h3-11H,2,12-13H2,1H3. The molecule has 0 atom stereocenters. The molecule has 5 heteroatoms. The second-order valence-corrected chi connectivity index (χ2v) is 6.49. The highest BCUT2D eigenvalue weighted by Crippen LogP contribution is 2.13. The van der Waals surface area contributed by atoms with E-state index in [1.54, 1.807) is 12.4 Å². The van der Waals surface area contributed by atoms with Crippen molar-refractivity contribution in [3.63, 3.8) is 0 Å². The first kappa shape index (κ1) is 14.7. The maximum atomic E-state index is 12.4. The first-order valence-electron chi connectivity index (χ1n) is 6.52. The zero-order chi connectivity index (χ0) is 14.4. The van der Waals surface area contributed by atoms with Crippen molar-refractivity contribution in [1.29, 1.82) is 0 Å². The van der Waals surface area contributed by atoms with E-state index in [2.05, 4.69) is 4.98 Å². The molecule has 2 aromatic rings. The summed E-state index contributed by atoms with van der Waals surface area (Å²) in [5, 5.41) is 0. The molecule has 0 N–H and O–H groups in total. The normalized spacial score (nSPS) is 11.7. The summed E-state index contributed by atoms with van der Waals surface area (Å²) in [6.07, 6.45) is 3.35. The highest BCUT2D eigenvalue weighted by Gasteiger charge is 2.21. The molecular weight excluding hydrogens is 272 g/mol. The van der Waals surface area contributed by atoms with Crippen molar-refractivity contribution in [1.82, 2.24) is 9.29 Å². The summed E-state index contributed by atoms with van der Waals surface area (Å²) >= 11 is 0. The number of benzene rings is 1. The molecule has 1 heterocycles. The zero-order valence-electron chi connectivity index (χ0n) is 11.4. The topological polar surface area (TPSA) is 50.3 Å². The van der Waals surface area contributed by atoms with Crippen LogP contribution in [-0.4, -0.2) is 24.3 Å². The van der Waals surface area contributed by atoms with Crippen LogP contribution in [0.1, 0.15) is 18.1 Å². The van der Waals surface area contributed by atoms with E-state index in [0.29, 0.717) is 13.1 Å². The predicted molar refractivity (Wildman–Crippen MR) is 79.4 cm³/mol. The van der Waals surface area contributed by atoms with Crippen LogP contribution >= 0.6 is 0 Å². The Bertz CT molecular complexity index is 627. The number of pyridine rings is 1. The van der Waals surface area contributed by atoms with Gasteiger partial charge >= 0.3 is 0 Å². The van der Waals surface area contributed by atoms with Gasteiger partial charge in [0.05, 0.1) is 5.75 Å². The molecule has 0 fully saturated rings. The van der Waals surface area contributed by atoms with Crippen molar-refractivity contribution < 1.29 is 8.42 Å². The van der Waals surface area contributed by atoms with Crippen LogP contribution in [-0.2, 0) is 22.3 Å². The fraction of sp³-hybridized carbons (Fsp3) is 0.267. The highest BCUT2D eigenvalue weighted by molar-refractivity contribution is 7.88. The van der Waals surface area contributed by atoms with E-state index in [4.69, 9.17) is 0 Å². The van der Waals surface area contributed by atoms with E-state index in [1.807, 2.05) is 49.4 Å². The third kappa shape index (κ3) is 3.88. The number of hydrogen-bond donors (Lipinski definition) is 0. The molecule has 0 aliphatic rings. The summed E-state index contributed by atoms with van der Waals surface area (Å²) in [5.74, 6) is 0.0345. The largest absolute Gasteiger partial charge is 0.265 e. The molecule has 0 aliphatic carbocycles. The second-order valence-electron chi connectivity index (χ2n) is 4.52. The van der Waals surface area contributed by atoms with Crippen molar-refractivity contribution in [2.24, 2.45) is 0 Å². The molecule has 0 aliphatic heterocycles. The number of rotatable bonds is 6. The van der Waals surface area contributed by atoms with Crippen LogP contribution < -0.4 is 0 Å². The van der Waals surface area contributed by atoms with Gasteiger partial charge in [0, 0.05) is 25.5 Å². The van der Waals surface area contributed by atoms with Gasteiger partial charge in [-0.05, 0) is 23.3 Å². The Hall–Kier alpha value is -1.72. The monoisotopic (exact) mass is 290 g/mol. The molecule has 0 saturated heterocycles. The molecule has 20 heavy (non-hydrogen) atoms. The van der Waals surface area contributed by atoms with Crippen LogP contribution in [0.25, 0.3) is 0 Å². The Morgan fingerprint density at radius 2 is 1.65 bits per heavy atom. The fourth-order valence-electron chi connectivity index (χ4n) is 1.97. The lowest BCUT2D eigenvalue weighted by Gasteiger charge is -2.20. The van der Waals surface area contributed by atoms with Gasteiger partial charge in [0.15, 0.2) is 0 Å². The second kappa shape index (κ2) is 6.63. The van der Waals surface area contributed by atoms with E-state index in [1.165, 1.54) is 4.31 Å². The number of nitrogens with zero attached hydrogens (tertiary/aromatic N) is 2. The smallest absolute Gasteiger partial charge is 0.218 e. The van der Waals surface area contributed by atoms with Crippen LogP contribution in [0.15, 0.2) is 54.9 Å². The highest BCUT2D eigenvalue weighted by atomic mass is 32.2. The van der Waals surface area contributed by atoms with Gasteiger partial charge in [0.2, 0.25) is 10.0 Å². The van der Waals surface area contributed by atoms with Gasteiger partial charge in [0.25, 0.3) is 0 Å². The summed E-state index contributed by atoms with van der Waals surface area (Å²) in [5.41, 5.74) is 1.75. The summed E-state index contributed by atoms with van der Waals surface area (Å²) in [7, 11) is -3.31. The SMILES string of the molecule is CCN(Cc1ccncc1)S(=O)(=O)Cc1ccccc1. The van der Waals surface area contributed by atoms with Gasteiger partial charge in [-0.15, -0.1) is 0 Å². The first-order valence-corrected chi connectivity index (χ1v) is 8.13. The van der Waals surface area contributed by atoms with E-state index in [0.717, 1.165) is 11.1 Å². The molecular formula is C15H18N2O2S. The van der Waals surface area contributed by atoms with Crippen molar-refractivity contribution in [3.05, 3.63) is 66.0 Å². The number of aromatic nitrogens is 1. The van der Waals surface area contributed by atoms with Gasteiger partial charge in [-0.25, -0.2) is 8.42 Å². The van der Waals surface area contributed by atoms with Gasteiger partial charge in [0.1, 0.15) is 0 Å². The lowest BCUT2D eigenvalue weighted by atomic mass is 10.2. The minimum atomic E-state index is -3.31. The molecule has 0 bridgehead atoms. The summed E-state index contributed by atoms with van der Waals surface area (Å²) < 4.78 is 26.4. The van der Waals surface area contributed by atoms with E-state index in [-0.39, 0.29) is 5.75 Å². The van der Waals surface area contributed by atoms with E-state index < -0.39 is 10.0 Å². The molecule has 0 saturated carbocycles. The maximum absolute atomic E-state index is 12.4. The minimum Gasteiger partial charge on any atom is -0.265 e. The van der Waals surface area contributed by atoms with Crippen LogP contribution in [0.5, 0.6) is 0 Å². The fourth-order valence-corrected chi connectivity index (χ4v) is 3.51. The number of sulfonamides is 1. The third-order valence-corrected chi connectivity index (χ3v) is 4.92. The van der Waals surface area contributed by atoms with Crippen LogP contribution in [0.2, 0.25) is 0 Å². The Morgan fingerprint density at radius 1 is 1.00 bits per heavy atom.